The molecule has 0 aromatic rings. The number of hydrogen-bond acceptors (Lipinski definition) is 3. The van der Waals surface area contributed by atoms with Gasteiger partial charge >= 0.3 is 5.97 Å². The van der Waals surface area contributed by atoms with E-state index in [2.05, 4.69) is 6.92 Å². The van der Waals surface area contributed by atoms with Crippen molar-refractivity contribution in [3.05, 3.63) is 0 Å². The zero-order valence-corrected chi connectivity index (χ0v) is 9.35. The molecule has 2 unspecified atom stereocenters. The lowest BCUT2D eigenvalue weighted by Crippen LogP contribution is -2.36. The molecule has 15 heavy (non-hydrogen) atoms. The van der Waals surface area contributed by atoms with Gasteiger partial charge in [-0.05, 0) is 13.0 Å². The van der Waals surface area contributed by atoms with Crippen LogP contribution in [0.25, 0.3) is 0 Å². The van der Waals surface area contributed by atoms with E-state index in [1.165, 1.54) is 12.8 Å². The Morgan fingerprint density at radius 3 is 2.73 bits per heavy atom. The van der Waals surface area contributed by atoms with Crippen LogP contribution in [-0.2, 0) is 4.79 Å². The summed E-state index contributed by atoms with van der Waals surface area (Å²) in [5, 5.41) is 18.4. The van der Waals surface area contributed by atoms with Gasteiger partial charge in [0.15, 0.2) is 0 Å². The lowest BCUT2D eigenvalue weighted by Gasteiger charge is -2.20. The summed E-state index contributed by atoms with van der Waals surface area (Å²) in [7, 11) is 0. The topological polar surface area (TPSA) is 60.8 Å². The van der Waals surface area contributed by atoms with Gasteiger partial charge in [-0.2, -0.15) is 0 Å². The van der Waals surface area contributed by atoms with Crippen LogP contribution in [0.2, 0.25) is 0 Å². The summed E-state index contributed by atoms with van der Waals surface area (Å²) < 4.78 is 0. The molecule has 1 aliphatic rings. The van der Waals surface area contributed by atoms with E-state index < -0.39 is 18.1 Å². The van der Waals surface area contributed by atoms with Crippen molar-refractivity contribution in [2.24, 2.45) is 0 Å². The van der Waals surface area contributed by atoms with Crippen LogP contribution in [0.1, 0.15) is 39.0 Å². The van der Waals surface area contributed by atoms with E-state index in [0.717, 1.165) is 19.4 Å². The number of carboxylic acids is 1. The van der Waals surface area contributed by atoms with Gasteiger partial charge in [-0.15, -0.1) is 0 Å². The predicted octanol–water partition coefficient (Wildman–Crippen LogP) is 1.09. The van der Waals surface area contributed by atoms with Gasteiger partial charge in [0.2, 0.25) is 0 Å². The van der Waals surface area contributed by atoms with Gasteiger partial charge in [-0.3, -0.25) is 9.69 Å². The van der Waals surface area contributed by atoms with Crippen LogP contribution in [-0.4, -0.2) is 46.3 Å². The van der Waals surface area contributed by atoms with Gasteiger partial charge in [0.1, 0.15) is 6.04 Å². The molecule has 0 spiro atoms. The van der Waals surface area contributed by atoms with E-state index in [1.807, 2.05) is 4.90 Å². The van der Waals surface area contributed by atoms with Crippen molar-refractivity contribution in [1.29, 1.82) is 0 Å². The molecular weight excluding hydrogens is 194 g/mol. The molecule has 0 saturated carbocycles. The van der Waals surface area contributed by atoms with Gasteiger partial charge in [-0.25, -0.2) is 0 Å². The first-order valence-corrected chi connectivity index (χ1v) is 5.80. The number of likely N-dealkylation sites (tertiary alicyclic amines) is 1. The Bertz CT molecular complexity index is 208. The Hall–Kier alpha value is -0.610. The first kappa shape index (κ1) is 12.5. The minimum absolute atomic E-state index is 0.378. The van der Waals surface area contributed by atoms with Crippen molar-refractivity contribution < 1.29 is 15.0 Å². The smallest absolute Gasteiger partial charge is 0.321 e. The first-order chi connectivity index (χ1) is 7.15. The standard InChI is InChI=1S/C11H21NO3/c1-2-3-4-5-6-12-8-9(13)7-10(12)11(14)15/h9-10,13H,2-8H2,1H3,(H,14,15). The van der Waals surface area contributed by atoms with Gasteiger partial charge in [0.05, 0.1) is 6.10 Å². The van der Waals surface area contributed by atoms with Crippen molar-refractivity contribution in [2.45, 2.75) is 51.2 Å². The Kier molecular flexibility index (Phi) is 5.05. The monoisotopic (exact) mass is 215 g/mol. The molecule has 1 heterocycles. The molecule has 1 rings (SSSR count). The maximum atomic E-state index is 10.9. The third kappa shape index (κ3) is 3.80. The highest BCUT2D eigenvalue weighted by Gasteiger charge is 2.35. The number of aliphatic carboxylic acids is 1. The second kappa shape index (κ2) is 6.08. The average molecular weight is 215 g/mol. The van der Waals surface area contributed by atoms with Crippen LogP contribution >= 0.6 is 0 Å². The molecule has 1 fully saturated rings. The fourth-order valence-electron chi connectivity index (χ4n) is 2.13. The summed E-state index contributed by atoms with van der Waals surface area (Å²) in [6.07, 6.45) is 4.49. The molecule has 2 atom stereocenters. The number of carbonyl (C=O) groups is 1. The largest absolute Gasteiger partial charge is 0.480 e. The van der Waals surface area contributed by atoms with Crippen molar-refractivity contribution in [3.63, 3.8) is 0 Å². The van der Waals surface area contributed by atoms with Gasteiger partial charge in [0.25, 0.3) is 0 Å². The minimum atomic E-state index is -0.804. The molecule has 4 nitrogen and oxygen atoms in total. The summed E-state index contributed by atoms with van der Waals surface area (Å²) in [6.45, 7) is 3.47. The number of carboxylic acid groups (broad SMARTS) is 1. The number of aliphatic hydroxyl groups excluding tert-OH is 1. The summed E-state index contributed by atoms with van der Waals surface area (Å²) >= 11 is 0. The third-order valence-corrected chi connectivity index (χ3v) is 2.97. The fraction of sp³-hybridized carbons (Fsp3) is 0.909. The van der Waals surface area contributed by atoms with Crippen molar-refractivity contribution >= 4 is 5.97 Å². The zero-order chi connectivity index (χ0) is 11.3. The lowest BCUT2D eigenvalue weighted by molar-refractivity contribution is -0.142. The molecule has 0 aromatic carbocycles. The second-order valence-corrected chi connectivity index (χ2v) is 4.30. The average Bonchev–Trinajstić information content (AvgIpc) is 2.55. The molecule has 2 N–H and O–H groups in total. The van der Waals surface area contributed by atoms with Crippen molar-refractivity contribution in [2.75, 3.05) is 13.1 Å². The van der Waals surface area contributed by atoms with Crippen LogP contribution < -0.4 is 0 Å². The highest BCUT2D eigenvalue weighted by atomic mass is 16.4. The van der Waals surface area contributed by atoms with Crippen LogP contribution in [0.15, 0.2) is 0 Å². The van der Waals surface area contributed by atoms with Crippen LogP contribution in [0.3, 0.4) is 0 Å². The van der Waals surface area contributed by atoms with Crippen LogP contribution in [0.5, 0.6) is 0 Å². The summed E-state index contributed by atoms with van der Waals surface area (Å²) in [5.41, 5.74) is 0. The van der Waals surface area contributed by atoms with E-state index in [0.29, 0.717) is 13.0 Å². The first-order valence-electron chi connectivity index (χ1n) is 5.80. The highest BCUT2D eigenvalue weighted by Crippen LogP contribution is 2.18. The van der Waals surface area contributed by atoms with Crippen LogP contribution in [0.4, 0.5) is 0 Å². The molecule has 0 bridgehead atoms. The molecule has 1 aliphatic heterocycles. The third-order valence-electron chi connectivity index (χ3n) is 2.97. The van der Waals surface area contributed by atoms with Crippen molar-refractivity contribution in [1.82, 2.24) is 4.90 Å². The second-order valence-electron chi connectivity index (χ2n) is 4.30. The number of aliphatic hydroxyl groups is 1. The number of β-amino-alcohol motifs (C(OH)–C–C–N with tert-alkyl or cyclic N) is 1. The summed E-state index contributed by atoms with van der Waals surface area (Å²) in [5.74, 6) is -0.804. The fourth-order valence-corrected chi connectivity index (χ4v) is 2.13. The SMILES string of the molecule is CCCCCCN1CC(O)CC1C(=O)O. The van der Waals surface area contributed by atoms with Gasteiger partial charge in [0, 0.05) is 13.0 Å². The van der Waals surface area contributed by atoms with E-state index in [-0.39, 0.29) is 0 Å². The molecular formula is C11H21NO3. The summed E-state index contributed by atoms with van der Waals surface area (Å²) in [4.78, 5) is 12.8. The van der Waals surface area contributed by atoms with Crippen LogP contribution in [0, 0.1) is 0 Å². The number of rotatable bonds is 6. The van der Waals surface area contributed by atoms with E-state index >= 15 is 0 Å². The van der Waals surface area contributed by atoms with E-state index in [1.54, 1.807) is 0 Å². The highest BCUT2D eigenvalue weighted by molar-refractivity contribution is 5.74. The quantitative estimate of drug-likeness (QED) is 0.651. The molecule has 88 valence electrons. The molecule has 4 heteroatoms. The Labute approximate surface area is 90.9 Å². The molecule has 0 amide bonds. The Morgan fingerprint density at radius 1 is 1.40 bits per heavy atom. The lowest BCUT2D eigenvalue weighted by atomic mass is 10.2. The van der Waals surface area contributed by atoms with E-state index in [4.69, 9.17) is 5.11 Å². The number of nitrogens with zero attached hydrogens (tertiary/aromatic N) is 1. The zero-order valence-electron chi connectivity index (χ0n) is 9.35. The Balaban J connectivity index is 2.29. The maximum absolute atomic E-state index is 10.9. The summed E-state index contributed by atoms with van der Waals surface area (Å²) in [6, 6.07) is -0.471. The molecule has 0 aliphatic carbocycles. The normalized spacial score (nSPS) is 27.1. The number of hydrogen-bond donors (Lipinski definition) is 2. The molecule has 1 saturated heterocycles. The maximum Gasteiger partial charge on any atom is 0.321 e. The molecule has 0 aromatic heterocycles. The number of unbranched alkanes of at least 4 members (excludes halogenated alkanes) is 3. The van der Waals surface area contributed by atoms with E-state index in [9.17, 15) is 9.90 Å². The molecule has 0 radical (unpaired) electrons. The van der Waals surface area contributed by atoms with Gasteiger partial charge in [-0.1, -0.05) is 26.2 Å². The predicted molar refractivity (Wildman–Crippen MR) is 57.8 cm³/mol. The van der Waals surface area contributed by atoms with Gasteiger partial charge < -0.3 is 10.2 Å². The van der Waals surface area contributed by atoms with Crippen molar-refractivity contribution in [3.8, 4) is 0 Å². The Morgan fingerprint density at radius 2 is 2.13 bits per heavy atom. The minimum Gasteiger partial charge on any atom is -0.480 e.